The molecule has 6 heteroatoms. The van der Waals surface area contributed by atoms with Gasteiger partial charge >= 0.3 is 0 Å². The van der Waals surface area contributed by atoms with E-state index >= 15 is 0 Å². The Balaban J connectivity index is 2.66. The van der Waals surface area contributed by atoms with Crippen LogP contribution < -0.4 is 11.1 Å². The fourth-order valence-corrected chi connectivity index (χ4v) is 1.21. The topological polar surface area (TPSA) is 58.3 Å². The van der Waals surface area contributed by atoms with Crippen molar-refractivity contribution in [3.05, 3.63) is 23.2 Å². The number of nitrogens with one attached hydrogen (secondary N) is 1. The SMILES string of the molecule is Nc1ccc(NCC(F)(F)CO)c(Cl)c1. The van der Waals surface area contributed by atoms with Gasteiger partial charge in [-0.15, -0.1) is 0 Å². The summed E-state index contributed by atoms with van der Waals surface area (Å²) in [7, 11) is 0. The number of aliphatic hydroxyl groups excluding tert-OH is 1. The van der Waals surface area contributed by atoms with E-state index in [2.05, 4.69) is 5.32 Å². The van der Waals surface area contributed by atoms with Gasteiger partial charge in [-0.1, -0.05) is 11.6 Å². The lowest BCUT2D eigenvalue weighted by Crippen LogP contribution is -2.31. The molecule has 0 aliphatic carbocycles. The maximum absolute atomic E-state index is 12.7. The minimum atomic E-state index is -3.16. The maximum atomic E-state index is 12.7. The van der Waals surface area contributed by atoms with Crippen molar-refractivity contribution < 1.29 is 13.9 Å². The number of nitrogen functional groups attached to an aromatic ring is 1. The van der Waals surface area contributed by atoms with E-state index in [1.54, 1.807) is 6.07 Å². The quantitative estimate of drug-likeness (QED) is 0.701. The second-order valence-corrected chi connectivity index (χ2v) is 3.51. The normalized spacial score (nSPS) is 11.5. The summed E-state index contributed by atoms with van der Waals surface area (Å²) < 4.78 is 25.3. The molecule has 0 aliphatic heterocycles. The fourth-order valence-electron chi connectivity index (χ4n) is 0.955. The van der Waals surface area contributed by atoms with Crippen LogP contribution in [0.15, 0.2) is 18.2 Å². The first-order valence-corrected chi connectivity index (χ1v) is 4.60. The molecule has 84 valence electrons. The van der Waals surface area contributed by atoms with Crippen LogP contribution in [0, 0.1) is 0 Å². The van der Waals surface area contributed by atoms with Crippen molar-refractivity contribution in [3.63, 3.8) is 0 Å². The third-order valence-corrected chi connectivity index (χ3v) is 2.07. The van der Waals surface area contributed by atoms with E-state index in [0.29, 0.717) is 11.4 Å². The molecular weight excluding hydrogens is 226 g/mol. The van der Waals surface area contributed by atoms with Crippen LogP contribution in [0.3, 0.4) is 0 Å². The molecule has 0 radical (unpaired) electrons. The zero-order valence-electron chi connectivity index (χ0n) is 7.80. The molecule has 0 saturated heterocycles. The van der Waals surface area contributed by atoms with Crippen LogP contribution in [0.5, 0.6) is 0 Å². The van der Waals surface area contributed by atoms with Gasteiger partial charge in [0.1, 0.15) is 6.61 Å². The molecule has 0 bridgehead atoms. The summed E-state index contributed by atoms with van der Waals surface area (Å²) in [6.07, 6.45) is 0. The molecule has 0 heterocycles. The van der Waals surface area contributed by atoms with E-state index in [0.717, 1.165) is 0 Å². The number of aliphatic hydroxyl groups is 1. The van der Waals surface area contributed by atoms with Crippen molar-refractivity contribution in [2.75, 3.05) is 24.2 Å². The minimum Gasteiger partial charge on any atom is -0.399 e. The Morgan fingerprint density at radius 3 is 2.67 bits per heavy atom. The molecule has 0 amide bonds. The summed E-state index contributed by atoms with van der Waals surface area (Å²) >= 11 is 5.75. The average molecular weight is 237 g/mol. The van der Waals surface area contributed by atoms with Crippen LogP contribution in [-0.2, 0) is 0 Å². The van der Waals surface area contributed by atoms with Crippen molar-refractivity contribution in [1.82, 2.24) is 0 Å². The molecule has 0 saturated carbocycles. The summed E-state index contributed by atoms with van der Waals surface area (Å²) in [5.74, 6) is -3.16. The smallest absolute Gasteiger partial charge is 0.287 e. The predicted octanol–water partition coefficient (Wildman–Crippen LogP) is 1.96. The fraction of sp³-hybridized carbons (Fsp3) is 0.333. The Kier molecular flexibility index (Phi) is 3.71. The zero-order chi connectivity index (χ0) is 11.5. The van der Waals surface area contributed by atoms with Crippen molar-refractivity contribution >= 4 is 23.0 Å². The molecular formula is C9H11ClF2N2O. The third kappa shape index (κ3) is 3.53. The molecule has 1 aromatic rings. The molecule has 15 heavy (non-hydrogen) atoms. The minimum absolute atomic E-state index is 0.267. The van der Waals surface area contributed by atoms with Crippen molar-refractivity contribution in [2.24, 2.45) is 0 Å². The van der Waals surface area contributed by atoms with Gasteiger partial charge in [-0.3, -0.25) is 0 Å². The van der Waals surface area contributed by atoms with Crippen molar-refractivity contribution in [1.29, 1.82) is 0 Å². The number of rotatable bonds is 4. The average Bonchev–Trinajstić information content (AvgIpc) is 2.16. The monoisotopic (exact) mass is 236 g/mol. The highest BCUT2D eigenvalue weighted by Crippen LogP contribution is 2.25. The molecule has 0 atom stereocenters. The van der Waals surface area contributed by atoms with Gasteiger partial charge in [0.25, 0.3) is 5.92 Å². The van der Waals surface area contributed by atoms with Gasteiger partial charge < -0.3 is 16.2 Å². The lowest BCUT2D eigenvalue weighted by Gasteiger charge is -2.15. The number of alkyl halides is 2. The largest absolute Gasteiger partial charge is 0.399 e. The molecule has 0 spiro atoms. The zero-order valence-corrected chi connectivity index (χ0v) is 8.56. The molecule has 0 unspecified atom stereocenters. The van der Waals surface area contributed by atoms with Crippen LogP contribution in [0.1, 0.15) is 0 Å². The predicted molar refractivity (Wildman–Crippen MR) is 56.4 cm³/mol. The molecule has 0 aliphatic rings. The Hall–Kier alpha value is -1.07. The highest BCUT2D eigenvalue weighted by molar-refractivity contribution is 6.33. The summed E-state index contributed by atoms with van der Waals surface area (Å²) in [6, 6.07) is 4.51. The van der Waals surface area contributed by atoms with E-state index < -0.39 is 19.1 Å². The Bertz CT molecular complexity index is 347. The first-order chi connectivity index (χ1) is 6.94. The van der Waals surface area contributed by atoms with Crippen LogP contribution in [0.4, 0.5) is 20.2 Å². The van der Waals surface area contributed by atoms with Gasteiger partial charge in [0, 0.05) is 5.69 Å². The van der Waals surface area contributed by atoms with E-state index in [1.165, 1.54) is 12.1 Å². The molecule has 3 nitrogen and oxygen atoms in total. The number of hydrogen-bond donors (Lipinski definition) is 3. The lowest BCUT2D eigenvalue weighted by atomic mass is 10.2. The van der Waals surface area contributed by atoms with E-state index in [-0.39, 0.29) is 5.02 Å². The molecule has 0 aromatic heterocycles. The summed E-state index contributed by atoms with van der Waals surface area (Å²) in [5, 5.41) is 11.0. The lowest BCUT2D eigenvalue weighted by molar-refractivity contribution is -0.0372. The standard InChI is InChI=1S/C9H11ClF2N2O/c10-7-3-6(13)1-2-8(7)14-4-9(11,12)5-15/h1-3,14-15H,4-5,13H2. The maximum Gasteiger partial charge on any atom is 0.287 e. The van der Waals surface area contributed by atoms with Crippen LogP contribution in [-0.4, -0.2) is 24.2 Å². The number of anilines is 2. The molecule has 1 aromatic carbocycles. The Morgan fingerprint density at radius 2 is 2.13 bits per heavy atom. The van der Waals surface area contributed by atoms with Gasteiger partial charge in [-0.05, 0) is 18.2 Å². The van der Waals surface area contributed by atoms with Gasteiger partial charge in [-0.2, -0.15) is 0 Å². The summed E-state index contributed by atoms with van der Waals surface area (Å²) in [5.41, 5.74) is 6.25. The Morgan fingerprint density at radius 1 is 1.47 bits per heavy atom. The number of nitrogens with two attached hydrogens (primary N) is 1. The number of hydrogen-bond acceptors (Lipinski definition) is 3. The van der Waals surface area contributed by atoms with E-state index in [4.69, 9.17) is 22.4 Å². The van der Waals surface area contributed by atoms with Gasteiger partial charge in [0.2, 0.25) is 0 Å². The van der Waals surface area contributed by atoms with Crippen LogP contribution in [0.25, 0.3) is 0 Å². The summed E-state index contributed by atoms with van der Waals surface area (Å²) in [6.45, 7) is -1.88. The first-order valence-electron chi connectivity index (χ1n) is 4.22. The number of benzene rings is 1. The second kappa shape index (κ2) is 4.63. The van der Waals surface area contributed by atoms with E-state index in [1.807, 2.05) is 0 Å². The van der Waals surface area contributed by atoms with Crippen LogP contribution in [0.2, 0.25) is 5.02 Å². The van der Waals surface area contributed by atoms with Gasteiger partial charge in [-0.25, -0.2) is 8.78 Å². The highest BCUT2D eigenvalue weighted by Gasteiger charge is 2.27. The van der Waals surface area contributed by atoms with Crippen molar-refractivity contribution in [2.45, 2.75) is 5.92 Å². The Labute approximate surface area is 90.8 Å². The van der Waals surface area contributed by atoms with Gasteiger partial charge in [0.05, 0.1) is 17.3 Å². The van der Waals surface area contributed by atoms with Gasteiger partial charge in [0.15, 0.2) is 0 Å². The first kappa shape index (κ1) is 12.0. The van der Waals surface area contributed by atoms with Crippen LogP contribution >= 0.6 is 11.6 Å². The highest BCUT2D eigenvalue weighted by atomic mass is 35.5. The number of halogens is 3. The summed E-state index contributed by atoms with van der Waals surface area (Å²) in [4.78, 5) is 0. The van der Waals surface area contributed by atoms with E-state index in [9.17, 15) is 8.78 Å². The second-order valence-electron chi connectivity index (χ2n) is 3.11. The third-order valence-electron chi connectivity index (χ3n) is 1.76. The molecule has 4 N–H and O–H groups in total. The molecule has 0 fully saturated rings. The van der Waals surface area contributed by atoms with Crippen molar-refractivity contribution in [3.8, 4) is 0 Å². The molecule has 1 rings (SSSR count).